The van der Waals surface area contributed by atoms with Crippen molar-refractivity contribution in [3.63, 3.8) is 0 Å². The number of urea groups is 1. The monoisotopic (exact) mass is 318 g/mol. The van der Waals surface area contributed by atoms with Crippen LogP contribution in [-0.2, 0) is 11.2 Å². The van der Waals surface area contributed by atoms with Gasteiger partial charge in [-0.15, -0.1) is 0 Å². The number of rotatable bonds is 7. The van der Waals surface area contributed by atoms with Crippen molar-refractivity contribution >= 4 is 11.9 Å². The Morgan fingerprint density at radius 3 is 2.87 bits per heavy atom. The maximum atomic E-state index is 11.8. The summed E-state index contributed by atoms with van der Waals surface area (Å²) in [6.07, 6.45) is 7.16. The Morgan fingerprint density at radius 2 is 2.04 bits per heavy atom. The minimum absolute atomic E-state index is 0.164. The molecule has 126 valence electrons. The summed E-state index contributed by atoms with van der Waals surface area (Å²) >= 11 is 0. The molecule has 6 heteroatoms. The molecule has 0 unspecified atom stereocenters. The van der Waals surface area contributed by atoms with E-state index >= 15 is 0 Å². The molecule has 6 nitrogen and oxygen atoms in total. The molecule has 0 aliphatic carbocycles. The third-order valence-electron chi connectivity index (χ3n) is 3.95. The van der Waals surface area contributed by atoms with Gasteiger partial charge in [0.2, 0.25) is 5.91 Å². The Morgan fingerprint density at radius 1 is 1.17 bits per heavy atom. The van der Waals surface area contributed by atoms with E-state index in [0.29, 0.717) is 19.5 Å². The molecule has 1 aliphatic rings. The predicted octanol–water partition coefficient (Wildman–Crippen LogP) is 1.72. The molecule has 0 atom stereocenters. The Kier molecular flexibility index (Phi) is 7.36. The smallest absolute Gasteiger partial charge is 0.314 e. The van der Waals surface area contributed by atoms with Crippen LogP contribution in [0.4, 0.5) is 4.79 Å². The largest absolute Gasteiger partial charge is 0.343 e. The van der Waals surface area contributed by atoms with Crippen LogP contribution < -0.4 is 10.6 Å². The second-order valence-electron chi connectivity index (χ2n) is 5.80. The average molecular weight is 318 g/mol. The van der Waals surface area contributed by atoms with Gasteiger partial charge in [-0.3, -0.25) is 9.78 Å². The highest BCUT2D eigenvalue weighted by Gasteiger charge is 2.15. The van der Waals surface area contributed by atoms with E-state index < -0.39 is 0 Å². The number of likely N-dealkylation sites (tertiary alicyclic amines) is 1. The van der Waals surface area contributed by atoms with Crippen molar-refractivity contribution in [2.75, 3.05) is 26.2 Å². The van der Waals surface area contributed by atoms with Crippen molar-refractivity contribution in [1.82, 2.24) is 20.5 Å². The second-order valence-corrected chi connectivity index (χ2v) is 5.80. The third kappa shape index (κ3) is 6.67. The zero-order chi connectivity index (χ0) is 16.3. The van der Waals surface area contributed by atoms with Gasteiger partial charge in [-0.25, -0.2) is 4.79 Å². The lowest BCUT2D eigenvalue weighted by Gasteiger charge is -2.20. The molecule has 1 aromatic rings. The molecule has 2 rings (SSSR count). The van der Waals surface area contributed by atoms with Gasteiger partial charge < -0.3 is 15.5 Å². The fraction of sp³-hybridized carbons (Fsp3) is 0.588. The molecule has 0 aromatic carbocycles. The number of carbonyl (C=O) groups is 2. The van der Waals surface area contributed by atoms with Crippen LogP contribution in [0.1, 0.15) is 37.8 Å². The predicted molar refractivity (Wildman–Crippen MR) is 89.0 cm³/mol. The van der Waals surface area contributed by atoms with E-state index in [-0.39, 0.29) is 11.9 Å². The summed E-state index contributed by atoms with van der Waals surface area (Å²) in [6, 6.07) is 5.59. The SMILES string of the molecule is O=C(NCCCN1CCCCCC1=O)NCCc1ccccn1. The number of pyridine rings is 1. The highest BCUT2D eigenvalue weighted by atomic mass is 16.2. The topological polar surface area (TPSA) is 74.3 Å². The van der Waals surface area contributed by atoms with Crippen LogP contribution in [0, 0.1) is 0 Å². The van der Waals surface area contributed by atoms with Crippen molar-refractivity contribution in [2.45, 2.75) is 38.5 Å². The van der Waals surface area contributed by atoms with Gasteiger partial charge in [0.15, 0.2) is 0 Å². The molecule has 1 fully saturated rings. The van der Waals surface area contributed by atoms with Gasteiger partial charge >= 0.3 is 6.03 Å². The first kappa shape index (κ1) is 17.2. The third-order valence-corrected chi connectivity index (χ3v) is 3.95. The normalized spacial score (nSPS) is 15.1. The van der Waals surface area contributed by atoms with E-state index in [0.717, 1.165) is 50.9 Å². The van der Waals surface area contributed by atoms with Crippen molar-refractivity contribution in [1.29, 1.82) is 0 Å². The first-order valence-electron chi connectivity index (χ1n) is 8.45. The Balaban J connectivity index is 1.53. The highest BCUT2D eigenvalue weighted by Crippen LogP contribution is 2.11. The van der Waals surface area contributed by atoms with Crippen molar-refractivity contribution < 1.29 is 9.59 Å². The molecule has 1 aliphatic heterocycles. The van der Waals surface area contributed by atoms with Crippen LogP contribution in [0.5, 0.6) is 0 Å². The molecule has 23 heavy (non-hydrogen) atoms. The van der Waals surface area contributed by atoms with E-state index in [1.165, 1.54) is 0 Å². The van der Waals surface area contributed by atoms with Gasteiger partial charge in [-0.05, 0) is 31.4 Å². The Labute approximate surface area is 137 Å². The van der Waals surface area contributed by atoms with Crippen LogP contribution in [-0.4, -0.2) is 48.0 Å². The van der Waals surface area contributed by atoms with Crippen LogP contribution in [0.2, 0.25) is 0 Å². The highest BCUT2D eigenvalue weighted by molar-refractivity contribution is 5.76. The molecule has 0 spiro atoms. The first-order chi connectivity index (χ1) is 11.3. The van der Waals surface area contributed by atoms with Crippen LogP contribution in [0.15, 0.2) is 24.4 Å². The fourth-order valence-corrected chi connectivity index (χ4v) is 2.66. The number of hydrogen-bond acceptors (Lipinski definition) is 3. The summed E-state index contributed by atoms with van der Waals surface area (Å²) in [5.41, 5.74) is 0.965. The molecule has 2 heterocycles. The van der Waals surface area contributed by atoms with E-state index in [2.05, 4.69) is 15.6 Å². The minimum atomic E-state index is -0.164. The maximum absolute atomic E-state index is 11.8. The Bertz CT molecular complexity index is 493. The Hall–Kier alpha value is -2.11. The summed E-state index contributed by atoms with van der Waals surface area (Å²) in [5, 5.41) is 5.65. The zero-order valence-corrected chi connectivity index (χ0v) is 13.6. The summed E-state index contributed by atoms with van der Waals surface area (Å²) < 4.78 is 0. The minimum Gasteiger partial charge on any atom is -0.343 e. The molecular formula is C17H26N4O2. The fourth-order valence-electron chi connectivity index (χ4n) is 2.66. The van der Waals surface area contributed by atoms with Gasteiger partial charge in [0.1, 0.15) is 0 Å². The van der Waals surface area contributed by atoms with Gasteiger partial charge in [0, 0.05) is 50.9 Å². The lowest BCUT2D eigenvalue weighted by atomic mass is 10.2. The van der Waals surface area contributed by atoms with Gasteiger partial charge in [-0.2, -0.15) is 0 Å². The maximum Gasteiger partial charge on any atom is 0.314 e. The molecule has 1 saturated heterocycles. The number of hydrogen-bond donors (Lipinski definition) is 2. The average Bonchev–Trinajstić information content (AvgIpc) is 2.77. The zero-order valence-electron chi connectivity index (χ0n) is 13.6. The van der Waals surface area contributed by atoms with Crippen molar-refractivity contribution in [3.05, 3.63) is 30.1 Å². The first-order valence-corrected chi connectivity index (χ1v) is 8.45. The van der Waals surface area contributed by atoms with Gasteiger partial charge in [0.05, 0.1) is 0 Å². The second kappa shape index (κ2) is 9.82. The number of amides is 3. The molecule has 2 N–H and O–H groups in total. The van der Waals surface area contributed by atoms with Crippen LogP contribution >= 0.6 is 0 Å². The van der Waals surface area contributed by atoms with E-state index in [1.807, 2.05) is 23.1 Å². The van der Waals surface area contributed by atoms with Gasteiger partial charge in [-0.1, -0.05) is 12.5 Å². The molecule has 0 radical (unpaired) electrons. The summed E-state index contributed by atoms with van der Waals surface area (Å²) in [6.45, 7) is 2.73. The standard InChI is InChI=1S/C17H26N4O2/c22-16-8-2-1-5-13-21(16)14-6-11-19-17(23)20-12-9-15-7-3-4-10-18-15/h3-4,7,10H,1-2,5-6,8-9,11-14H2,(H2,19,20,23). The van der Waals surface area contributed by atoms with Gasteiger partial charge in [0.25, 0.3) is 0 Å². The number of nitrogens with one attached hydrogen (secondary N) is 2. The van der Waals surface area contributed by atoms with E-state index in [9.17, 15) is 9.59 Å². The van der Waals surface area contributed by atoms with Crippen molar-refractivity contribution in [2.24, 2.45) is 0 Å². The summed E-state index contributed by atoms with van der Waals surface area (Å²) in [5.74, 6) is 0.252. The van der Waals surface area contributed by atoms with Crippen LogP contribution in [0.25, 0.3) is 0 Å². The number of aromatic nitrogens is 1. The lowest BCUT2D eigenvalue weighted by molar-refractivity contribution is -0.130. The van der Waals surface area contributed by atoms with E-state index in [1.54, 1.807) is 6.20 Å². The molecular weight excluding hydrogens is 292 g/mol. The number of carbonyl (C=O) groups excluding carboxylic acids is 2. The molecule has 3 amide bonds. The molecule has 1 aromatic heterocycles. The summed E-state index contributed by atoms with van der Waals surface area (Å²) in [7, 11) is 0. The molecule has 0 bridgehead atoms. The molecule has 0 saturated carbocycles. The van der Waals surface area contributed by atoms with Crippen molar-refractivity contribution in [3.8, 4) is 0 Å². The quantitative estimate of drug-likeness (QED) is 0.752. The lowest BCUT2D eigenvalue weighted by Crippen LogP contribution is -2.39. The van der Waals surface area contributed by atoms with Crippen LogP contribution in [0.3, 0.4) is 0 Å². The van der Waals surface area contributed by atoms with E-state index in [4.69, 9.17) is 0 Å². The number of nitrogens with zero attached hydrogens (tertiary/aromatic N) is 2. The summed E-state index contributed by atoms with van der Waals surface area (Å²) in [4.78, 5) is 29.7.